The molecule has 2 aromatic rings. The predicted octanol–water partition coefficient (Wildman–Crippen LogP) is 2.60. The van der Waals surface area contributed by atoms with Crippen molar-refractivity contribution >= 4 is 17.7 Å². The molecule has 2 N–H and O–H groups in total. The standard InChI is InChI=1S/C17H14O7/c1-23-9-3-5-10-8(6-9)2-4-11(14(10)18)15-13(17(21)22)12(7-24-15)16(19)20/h3,5-7,11H,2,4H2,1H3,(H,19,20)(H,21,22). The first-order valence-corrected chi connectivity index (χ1v) is 7.23. The number of carboxylic acid groups (broad SMARTS) is 2. The number of ether oxygens (including phenoxy) is 1. The molecule has 0 saturated heterocycles. The van der Waals surface area contributed by atoms with Crippen molar-refractivity contribution in [3.8, 4) is 5.75 Å². The van der Waals surface area contributed by atoms with Crippen molar-refractivity contribution in [2.24, 2.45) is 0 Å². The maximum Gasteiger partial charge on any atom is 0.340 e. The van der Waals surface area contributed by atoms with Gasteiger partial charge in [-0.25, -0.2) is 9.59 Å². The number of aryl methyl sites for hydroxylation is 1. The summed E-state index contributed by atoms with van der Waals surface area (Å²) in [6.07, 6.45) is 1.74. The van der Waals surface area contributed by atoms with Crippen molar-refractivity contribution in [2.45, 2.75) is 18.8 Å². The van der Waals surface area contributed by atoms with Crippen LogP contribution in [0.1, 0.15) is 54.7 Å². The topological polar surface area (TPSA) is 114 Å². The van der Waals surface area contributed by atoms with E-state index in [1.165, 1.54) is 7.11 Å². The van der Waals surface area contributed by atoms with Gasteiger partial charge in [0.1, 0.15) is 28.9 Å². The van der Waals surface area contributed by atoms with Crippen molar-refractivity contribution in [1.82, 2.24) is 0 Å². The zero-order valence-corrected chi connectivity index (χ0v) is 12.7. The smallest absolute Gasteiger partial charge is 0.340 e. The van der Waals surface area contributed by atoms with Gasteiger partial charge in [0, 0.05) is 5.56 Å². The van der Waals surface area contributed by atoms with Crippen LogP contribution in [0, 0.1) is 0 Å². The van der Waals surface area contributed by atoms with Gasteiger partial charge in [-0.3, -0.25) is 4.79 Å². The van der Waals surface area contributed by atoms with Crippen molar-refractivity contribution < 1.29 is 33.8 Å². The molecule has 1 atom stereocenters. The molecule has 1 heterocycles. The van der Waals surface area contributed by atoms with Gasteiger partial charge in [-0.15, -0.1) is 0 Å². The van der Waals surface area contributed by atoms with E-state index in [4.69, 9.17) is 14.3 Å². The lowest BCUT2D eigenvalue weighted by Crippen LogP contribution is -2.22. The Morgan fingerprint density at radius 2 is 2.00 bits per heavy atom. The molecular weight excluding hydrogens is 316 g/mol. The van der Waals surface area contributed by atoms with Gasteiger partial charge in [-0.05, 0) is 36.6 Å². The molecule has 1 aromatic heterocycles. The summed E-state index contributed by atoms with van der Waals surface area (Å²) in [7, 11) is 1.53. The molecule has 1 unspecified atom stereocenters. The van der Waals surface area contributed by atoms with Crippen molar-refractivity contribution in [3.63, 3.8) is 0 Å². The lowest BCUT2D eigenvalue weighted by atomic mass is 9.80. The number of carbonyl (C=O) groups is 3. The maximum atomic E-state index is 12.7. The van der Waals surface area contributed by atoms with Crippen molar-refractivity contribution in [3.05, 3.63) is 52.5 Å². The van der Waals surface area contributed by atoms with Crippen LogP contribution < -0.4 is 4.74 Å². The SMILES string of the molecule is COc1ccc2c(c1)CCC(c1occ(C(=O)O)c1C(=O)O)C2=O. The zero-order valence-electron chi connectivity index (χ0n) is 12.7. The summed E-state index contributed by atoms with van der Waals surface area (Å²) in [5.74, 6) is -3.40. The molecular formula is C17H14O7. The Morgan fingerprint density at radius 3 is 2.62 bits per heavy atom. The van der Waals surface area contributed by atoms with Crippen LogP contribution in [0.2, 0.25) is 0 Å². The number of ketones is 1. The van der Waals surface area contributed by atoms with E-state index in [9.17, 15) is 19.5 Å². The predicted molar refractivity (Wildman–Crippen MR) is 81.0 cm³/mol. The molecule has 124 valence electrons. The maximum absolute atomic E-state index is 12.7. The average molecular weight is 330 g/mol. The van der Waals surface area contributed by atoms with Gasteiger partial charge in [-0.2, -0.15) is 0 Å². The van der Waals surface area contributed by atoms with Crippen LogP contribution >= 0.6 is 0 Å². The number of aromatic carboxylic acids is 2. The summed E-state index contributed by atoms with van der Waals surface area (Å²) in [6, 6.07) is 5.05. The number of rotatable bonds is 4. The first-order valence-electron chi connectivity index (χ1n) is 7.23. The molecule has 1 aliphatic rings. The minimum atomic E-state index is -1.43. The zero-order chi connectivity index (χ0) is 17.4. The highest BCUT2D eigenvalue weighted by Crippen LogP contribution is 2.37. The summed E-state index contributed by atoms with van der Waals surface area (Å²) in [4.78, 5) is 35.3. The lowest BCUT2D eigenvalue weighted by molar-refractivity contribution is 0.0651. The largest absolute Gasteiger partial charge is 0.497 e. The third-order valence-corrected chi connectivity index (χ3v) is 4.18. The van der Waals surface area contributed by atoms with E-state index in [-0.39, 0.29) is 11.5 Å². The number of methoxy groups -OCH3 is 1. The number of hydrogen-bond donors (Lipinski definition) is 2. The second kappa shape index (κ2) is 5.84. The second-order valence-corrected chi connectivity index (χ2v) is 5.48. The summed E-state index contributed by atoms with van der Waals surface area (Å²) in [5, 5.41) is 18.4. The first-order chi connectivity index (χ1) is 11.4. The fraction of sp³-hybridized carbons (Fsp3) is 0.235. The molecule has 0 fully saturated rings. The molecule has 7 heteroatoms. The van der Waals surface area contributed by atoms with Crippen LogP contribution in [-0.4, -0.2) is 35.0 Å². The quantitative estimate of drug-likeness (QED) is 0.885. The lowest BCUT2D eigenvalue weighted by Gasteiger charge is -2.22. The Hall–Kier alpha value is -3.09. The van der Waals surface area contributed by atoms with Gasteiger partial charge >= 0.3 is 11.9 Å². The summed E-state index contributed by atoms with van der Waals surface area (Å²) in [5.41, 5.74) is 0.373. The van der Waals surface area contributed by atoms with Crippen molar-refractivity contribution in [1.29, 1.82) is 0 Å². The fourth-order valence-electron chi connectivity index (χ4n) is 3.02. The second-order valence-electron chi connectivity index (χ2n) is 5.48. The monoisotopic (exact) mass is 330 g/mol. The molecule has 1 aliphatic carbocycles. The Kier molecular flexibility index (Phi) is 3.84. The van der Waals surface area contributed by atoms with Crippen LogP contribution in [0.4, 0.5) is 0 Å². The van der Waals surface area contributed by atoms with Crippen LogP contribution in [0.3, 0.4) is 0 Å². The molecule has 7 nitrogen and oxygen atoms in total. The summed E-state index contributed by atoms with van der Waals surface area (Å²) >= 11 is 0. The molecule has 0 spiro atoms. The average Bonchev–Trinajstić information content (AvgIpc) is 3.00. The normalized spacial score (nSPS) is 16.5. The first kappa shape index (κ1) is 15.8. The third kappa shape index (κ3) is 2.44. The Morgan fingerprint density at radius 1 is 1.25 bits per heavy atom. The number of carboxylic acids is 2. The molecule has 1 aromatic carbocycles. The highest BCUT2D eigenvalue weighted by molar-refractivity contribution is 6.07. The van der Waals surface area contributed by atoms with Gasteiger partial charge in [0.2, 0.25) is 0 Å². The van der Waals surface area contributed by atoms with Crippen LogP contribution in [0.15, 0.2) is 28.9 Å². The minimum absolute atomic E-state index is 0.105. The number of carbonyl (C=O) groups excluding carboxylic acids is 1. The van der Waals surface area contributed by atoms with E-state index in [1.54, 1.807) is 18.2 Å². The molecule has 0 saturated carbocycles. The third-order valence-electron chi connectivity index (χ3n) is 4.18. The highest BCUT2D eigenvalue weighted by Gasteiger charge is 2.36. The van der Waals surface area contributed by atoms with Gasteiger partial charge in [0.25, 0.3) is 0 Å². The molecule has 0 bridgehead atoms. The van der Waals surface area contributed by atoms with Crippen molar-refractivity contribution in [2.75, 3.05) is 7.11 Å². The number of benzene rings is 1. The van der Waals surface area contributed by atoms with E-state index in [0.717, 1.165) is 11.8 Å². The molecule has 3 rings (SSSR count). The molecule has 24 heavy (non-hydrogen) atoms. The number of Topliss-reactive ketones (excluding diaryl/α,β-unsaturated/α-hetero) is 1. The number of furan rings is 1. The van der Waals surface area contributed by atoms with Crippen LogP contribution in [-0.2, 0) is 6.42 Å². The van der Waals surface area contributed by atoms with E-state index >= 15 is 0 Å². The van der Waals surface area contributed by atoms with E-state index in [1.807, 2.05) is 0 Å². The van der Waals surface area contributed by atoms with Crippen LogP contribution in [0.25, 0.3) is 0 Å². The Bertz CT molecular complexity index is 847. The summed E-state index contributed by atoms with van der Waals surface area (Å²) in [6.45, 7) is 0. The molecule has 0 radical (unpaired) electrons. The van der Waals surface area contributed by atoms with E-state index < -0.39 is 29.0 Å². The molecule has 0 amide bonds. The highest BCUT2D eigenvalue weighted by atomic mass is 16.5. The van der Waals surface area contributed by atoms with Gasteiger partial charge in [-0.1, -0.05) is 0 Å². The fourth-order valence-corrected chi connectivity index (χ4v) is 3.02. The Balaban J connectivity index is 2.04. The summed E-state index contributed by atoms with van der Waals surface area (Å²) < 4.78 is 10.3. The number of fused-ring (bicyclic) bond motifs is 1. The minimum Gasteiger partial charge on any atom is -0.497 e. The van der Waals surface area contributed by atoms with Crippen LogP contribution in [0.5, 0.6) is 5.75 Å². The van der Waals surface area contributed by atoms with Gasteiger partial charge < -0.3 is 19.4 Å². The Labute approximate surface area is 136 Å². The van der Waals surface area contributed by atoms with Gasteiger partial charge in [0.15, 0.2) is 5.78 Å². The van der Waals surface area contributed by atoms with E-state index in [2.05, 4.69) is 0 Å². The van der Waals surface area contributed by atoms with E-state index in [0.29, 0.717) is 24.2 Å². The molecule has 0 aliphatic heterocycles. The number of hydrogen-bond acceptors (Lipinski definition) is 5. The van der Waals surface area contributed by atoms with Gasteiger partial charge in [0.05, 0.1) is 13.0 Å².